The third-order valence-corrected chi connectivity index (χ3v) is 3.55. The number of rotatable bonds is 4. The Hall–Kier alpha value is -2.55. The van der Waals surface area contributed by atoms with Crippen molar-refractivity contribution < 1.29 is 9.90 Å². The van der Waals surface area contributed by atoms with Gasteiger partial charge in [-0.15, -0.1) is 16.4 Å². The second-order valence-electron chi connectivity index (χ2n) is 4.11. The first-order valence-corrected chi connectivity index (χ1v) is 6.55. The van der Waals surface area contributed by atoms with Crippen LogP contribution in [0.15, 0.2) is 24.2 Å². The van der Waals surface area contributed by atoms with Gasteiger partial charge in [-0.25, -0.2) is 14.5 Å². The maximum atomic E-state index is 11.3. The first-order valence-electron chi connectivity index (χ1n) is 5.67. The Bertz CT molecular complexity index is 745. The average Bonchev–Trinajstić information content (AvgIpc) is 3.10. The summed E-state index contributed by atoms with van der Waals surface area (Å²) in [4.78, 5) is 20.3. The molecule has 0 bridgehead atoms. The minimum atomic E-state index is -1.11. The average molecular weight is 290 g/mol. The number of carboxylic acids is 1. The molecule has 0 unspecified atom stereocenters. The van der Waals surface area contributed by atoms with Gasteiger partial charge in [-0.2, -0.15) is 0 Å². The fraction of sp³-hybridized carbons (Fsp3) is 0.182. The number of aryl methyl sites for hydroxylation is 1. The summed E-state index contributed by atoms with van der Waals surface area (Å²) in [5, 5.41) is 16.9. The van der Waals surface area contributed by atoms with Crippen LogP contribution >= 0.6 is 11.3 Å². The second-order valence-corrected chi connectivity index (χ2v) is 5.08. The van der Waals surface area contributed by atoms with Crippen molar-refractivity contribution in [1.82, 2.24) is 29.5 Å². The number of imidazole rings is 1. The molecule has 0 atom stereocenters. The summed E-state index contributed by atoms with van der Waals surface area (Å²) in [5.74, 6) is -1.11. The molecule has 3 heterocycles. The molecule has 3 aromatic rings. The summed E-state index contributed by atoms with van der Waals surface area (Å²) in [7, 11) is 1.79. The Morgan fingerprint density at radius 3 is 2.85 bits per heavy atom. The van der Waals surface area contributed by atoms with E-state index in [4.69, 9.17) is 0 Å². The van der Waals surface area contributed by atoms with Gasteiger partial charge in [0.15, 0.2) is 5.69 Å². The van der Waals surface area contributed by atoms with Crippen molar-refractivity contribution >= 4 is 17.3 Å². The highest BCUT2D eigenvalue weighted by molar-refractivity contribution is 7.09. The van der Waals surface area contributed by atoms with E-state index in [2.05, 4.69) is 20.3 Å². The summed E-state index contributed by atoms with van der Waals surface area (Å²) in [6.45, 7) is 0.422. The Morgan fingerprint density at radius 1 is 1.40 bits per heavy atom. The number of thiazole rings is 1. The molecule has 20 heavy (non-hydrogen) atoms. The molecule has 0 aromatic carbocycles. The molecule has 3 aromatic heterocycles. The first-order chi connectivity index (χ1) is 9.66. The van der Waals surface area contributed by atoms with Gasteiger partial charge >= 0.3 is 5.97 Å². The Balaban J connectivity index is 2.11. The lowest BCUT2D eigenvalue weighted by atomic mass is 10.2. The van der Waals surface area contributed by atoms with Crippen LogP contribution in [0, 0.1) is 0 Å². The van der Waals surface area contributed by atoms with Crippen LogP contribution < -0.4 is 0 Å². The van der Waals surface area contributed by atoms with Crippen molar-refractivity contribution in [1.29, 1.82) is 0 Å². The molecule has 0 fully saturated rings. The van der Waals surface area contributed by atoms with Gasteiger partial charge in [-0.05, 0) is 0 Å². The molecular weight excluding hydrogens is 280 g/mol. The SMILES string of the molecule is Cn1cncc1-c1c(C(=O)O)nnn1Cc1cncs1. The van der Waals surface area contributed by atoms with Gasteiger partial charge in [-0.3, -0.25) is 4.98 Å². The van der Waals surface area contributed by atoms with E-state index in [1.807, 2.05) is 0 Å². The summed E-state index contributed by atoms with van der Waals surface area (Å²) < 4.78 is 3.28. The number of nitrogens with zero attached hydrogens (tertiary/aromatic N) is 6. The van der Waals surface area contributed by atoms with Gasteiger partial charge in [0.2, 0.25) is 0 Å². The molecule has 1 N–H and O–H groups in total. The van der Waals surface area contributed by atoms with E-state index < -0.39 is 5.97 Å². The van der Waals surface area contributed by atoms with Crippen LogP contribution in [0.1, 0.15) is 15.4 Å². The van der Waals surface area contributed by atoms with E-state index in [-0.39, 0.29) is 5.69 Å². The first kappa shape index (κ1) is 12.5. The quantitative estimate of drug-likeness (QED) is 0.766. The van der Waals surface area contributed by atoms with Crippen molar-refractivity contribution in [2.75, 3.05) is 0 Å². The highest BCUT2D eigenvalue weighted by atomic mass is 32.1. The van der Waals surface area contributed by atoms with E-state index in [0.29, 0.717) is 17.9 Å². The molecule has 3 rings (SSSR count). The molecule has 0 radical (unpaired) electrons. The van der Waals surface area contributed by atoms with Gasteiger partial charge < -0.3 is 9.67 Å². The third-order valence-electron chi connectivity index (χ3n) is 2.79. The summed E-state index contributed by atoms with van der Waals surface area (Å²) in [6.07, 6.45) is 4.92. The lowest BCUT2D eigenvalue weighted by molar-refractivity contribution is 0.0691. The highest BCUT2D eigenvalue weighted by Gasteiger charge is 2.22. The number of hydrogen-bond acceptors (Lipinski definition) is 6. The van der Waals surface area contributed by atoms with Crippen LogP contribution in [0.25, 0.3) is 11.4 Å². The Morgan fingerprint density at radius 2 is 2.25 bits per heavy atom. The molecule has 102 valence electrons. The summed E-state index contributed by atoms with van der Waals surface area (Å²) >= 11 is 1.48. The number of aromatic carboxylic acids is 1. The van der Waals surface area contributed by atoms with Crippen LogP contribution in [0.3, 0.4) is 0 Å². The summed E-state index contributed by atoms with van der Waals surface area (Å²) in [5.41, 5.74) is 2.72. The van der Waals surface area contributed by atoms with Crippen molar-refractivity contribution in [3.8, 4) is 11.4 Å². The topological polar surface area (TPSA) is 98.7 Å². The van der Waals surface area contributed by atoms with Crippen LogP contribution in [0.2, 0.25) is 0 Å². The molecular formula is C11H10N6O2S. The third kappa shape index (κ3) is 2.07. The fourth-order valence-electron chi connectivity index (χ4n) is 1.87. The number of hydrogen-bond donors (Lipinski definition) is 1. The zero-order valence-corrected chi connectivity index (χ0v) is 11.3. The normalized spacial score (nSPS) is 10.8. The molecule has 0 saturated heterocycles. The van der Waals surface area contributed by atoms with E-state index in [1.165, 1.54) is 11.3 Å². The standard InChI is InChI=1S/C11H10N6O2S/c1-16-5-12-3-8(16)10-9(11(18)19)14-15-17(10)4-7-2-13-6-20-7/h2-3,5-6H,4H2,1H3,(H,18,19). The zero-order chi connectivity index (χ0) is 14.1. The number of carboxylic acid groups (broad SMARTS) is 1. The monoisotopic (exact) mass is 290 g/mol. The van der Waals surface area contributed by atoms with E-state index in [9.17, 15) is 9.90 Å². The van der Waals surface area contributed by atoms with Crippen LogP contribution in [-0.4, -0.2) is 40.6 Å². The lowest BCUT2D eigenvalue weighted by Crippen LogP contribution is -2.07. The van der Waals surface area contributed by atoms with Crippen molar-refractivity contribution in [3.63, 3.8) is 0 Å². The molecule has 0 aliphatic carbocycles. The van der Waals surface area contributed by atoms with Crippen molar-refractivity contribution in [2.45, 2.75) is 6.54 Å². The van der Waals surface area contributed by atoms with Gasteiger partial charge in [0.25, 0.3) is 0 Å². The molecule has 8 nitrogen and oxygen atoms in total. The van der Waals surface area contributed by atoms with Gasteiger partial charge in [0.05, 0.1) is 30.3 Å². The minimum absolute atomic E-state index is 0.0851. The Labute approximate surface area is 117 Å². The van der Waals surface area contributed by atoms with Gasteiger partial charge in [0, 0.05) is 18.1 Å². The predicted octanol–water partition coefficient (Wildman–Crippen LogP) is 0.882. The van der Waals surface area contributed by atoms with Crippen LogP contribution in [0.5, 0.6) is 0 Å². The zero-order valence-electron chi connectivity index (χ0n) is 10.5. The van der Waals surface area contributed by atoms with E-state index in [1.54, 1.807) is 40.5 Å². The molecule has 9 heteroatoms. The van der Waals surface area contributed by atoms with Crippen molar-refractivity contribution in [2.24, 2.45) is 7.05 Å². The number of carbonyl (C=O) groups is 1. The smallest absolute Gasteiger partial charge is 0.358 e. The van der Waals surface area contributed by atoms with Gasteiger partial charge in [-0.1, -0.05) is 5.21 Å². The highest BCUT2D eigenvalue weighted by Crippen LogP contribution is 2.23. The fourth-order valence-corrected chi connectivity index (χ4v) is 2.45. The molecule has 0 amide bonds. The number of aromatic nitrogens is 6. The second kappa shape index (κ2) is 4.85. The van der Waals surface area contributed by atoms with Crippen LogP contribution in [-0.2, 0) is 13.6 Å². The summed E-state index contributed by atoms with van der Waals surface area (Å²) in [6, 6.07) is 0. The molecule has 0 aliphatic rings. The van der Waals surface area contributed by atoms with E-state index in [0.717, 1.165) is 4.88 Å². The molecule has 0 spiro atoms. The minimum Gasteiger partial charge on any atom is -0.476 e. The van der Waals surface area contributed by atoms with Gasteiger partial charge in [0.1, 0.15) is 5.69 Å². The lowest BCUT2D eigenvalue weighted by Gasteiger charge is -2.06. The maximum Gasteiger partial charge on any atom is 0.358 e. The predicted molar refractivity (Wildman–Crippen MR) is 70.4 cm³/mol. The molecule has 0 saturated carbocycles. The largest absolute Gasteiger partial charge is 0.476 e. The Kier molecular flexibility index (Phi) is 3.03. The van der Waals surface area contributed by atoms with E-state index >= 15 is 0 Å². The molecule has 0 aliphatic heterocycles. The van der Waals surface area contributed by atoms with Crippen LogP contribution in [0.4, 0.5) is 0 Å². The van der Waals surface area contributed by atoms with Crippen molar-refractivity contribution in [3.05, 3.63) is 34.8 Å². The maximum absolute atomic E-state index is 11.3.